The molecule has 5 amide bonds. The number of nitrogens with zero attached hydrogens (tertiary/aromatic N) is 10. The van der Waals surface area contributed by atoms with Gasteiger partial charge in [-0.15, -0.1) is 0 Å². The van der Waals surface area contributed by atoms with E-state index in [4.69, 9.17) is 33.2 Å². The van der Waals surface area contributed by atoms with Gasteiger partial charge in [0.2, 0.25) is 0 Å². The van der Waals surface area contributed by atoms with E-state index in [9.17, 15) is 69.9 Å². The number of aromatic nitrogens is 10. The Morgan fingerprint density at radius 1 is 0.241 bits per heavy atom. The van der Waals surface area contributed by atoms with Gasteiger partial charge >= 0.3 is 0 Å². The summed E-state index contributed by atoms with van der Waals surface area (Å²) >= 11 is 0. The summed E-state index contributed by atoms with van der Waals surface area (Å²) < 4.78 is 121. The molecule has 1 aliphatic heterocycles. The molecule has 0 radical (unpaired) electrons. The summed E-state index contributed by atoms with van der Waals surface area (Å²) in [6, 6.07) is 74.7. The molecule has 15 aromatic rings. The van der Waals surface area contributed by atoms with Crippen LogP contribution in [-0.2, 0) is 68.7 Å². The highest BCUT2D eigenvalue weighted by Crippen LogP contribution is 2.27. The van der Waals surface area contributed by atoms with Crippen molar-refractivity contribution in [2.24, 2.45) is 35.2 Å². The molecule has 0 bridgehead atoms. The summed E-state index contributed by atoms with van der Waals surface area (Å²) in [6.45, 7) is 19.3. The van der Waals surface area contributed by atoms with Gasteiger partial charge in [-0.3, -0.25) is 71.4 Å². The van der Waals surface area contributed by atoms with E-state index in [-0.39, 0.29) is 85.0 Å². The van der Waals surface area contributed by atoms with Crippen molar-refractivity contribution in [1.29, 1.82) is 0 Å². The first kappa shape index (κ1) is 105. The van der Waals surface area contributed by atoms with Gasteiger partial charge in [0.05, 0.1) is 83.3 Å². The van der Waals surface area contributed by atoms with Crippen molar-refractivity contribution in [3.63, 3.8) is 0 Å². The average Bonchev–Trinajstić information content (AvgIpc) is 1.65. The zero-order valence-corrected chi connectivity index (χ0v) is 80.0. The average molecular weight is 1940 g/mol. The quantitative estimate of drug-likeness (QED) is 0.0332. The second-order valence-electron chi connectivity index (χ2n) is 31.8. The number of nitrogens with one attached hydrogen (secondary N) is 5. The Balaban J connectivity index is 0.000000166. The van der Waals surface area contributed by atoms with E-state index in [1.807, 2.05) is 91.0 Å². The van der Waals surface area contributed by atoms with Crippen LogP contribution in [0.3, 0.4) is 0 Å². The number of anilines is 5. The van der Waals surface area contributed by atoms with Crippen molar-refractivity contribution < 1.29 is 79.1 Å². The Hall–Kier alpha value is -16.8. The van der Waals surface area contributed by atoms with Crippen molar-refractivity contribution in [3.05, 3.63) is 382 Å². The van der Waals surface area contributed by atoms with Crippen LogP contribution in [0.5, 0.6) is 28.7 Å². The van der Waals surface area contributed by atoms with Crippen LogP contribution in [0.1, 0.15) is 63.1 Å². The van der Waals surface area contributed by atoms with Crippen LogP contribution in [0.25, 0.3) is 28.4 Å². The molecule has 5 aromatic heterocycles. The van der Waals surface area contributed by atoms with E-state index < -0.39 is 89.1 Å². The molecular weight excluding hydrogens is 1830 g/mol. The molecule has 5 N–H and O–H groups in total. The van der Waals surface area contributed by atoms with Gasteiger partial charge in [-0.2, -0.15) is 0 Å². The van der Waals surface area contributed by atoms with E-state index in [2.05, 4.69) is 26.6 Å². The number of amides is 5. The Kier molecular flexibility index (Phi) is 36.2. The Morgan fingerprint density at radius 2 is 0.376 bits per heavy atom. The highest BCUT2D eigenvalue weighted by atomic mass is 19.1. The number of halogens is 5. The molecule has 16 rings (SSSR count). The number of para-hydroxylation sites is 10. The molecule has 141 heavy (non-hydrogen) atoms. The number of carbonyl (C=O) groups excluding carboxylic acids is 5. The first-order valence-electron chi connectivity index (χ1n) is 44.5. The summed E-state index contributed by atoms with van der Waals surface area (Å²) in [5.41, 5.74) is 5.43. The molecule has 5 atom stereocenters. The molecule has 736 valence electrons. The molecule has 32 nitrogen and oxygen atoms in total. The summed E-state index contributed by atoms with van der Waals surface area (Å²) in [6.07, 6.45) is -4.90. The SMILES string of the molecule is C1COCCO1.Cc1c(NC(=O)C(C)Oc2ccccc2F)c(=O)n(-c2ccccc2)n1C.Cc1c(NC(=O)C(C)Oc2ccccc2F)c(=O)n(-c2ccccc2)n1C.Cc1c(NC(=O)C(C)Oc2ccccc2F)c(=O)n(-c2ccccc2)n1C.Cc1c(NC(=O)C(C)Oc2ccccc2F)c(=O)n(-c2ccccc2)n1C.Cc1c(NC(=O)C(C)Oc2ccccc2F)c(=O)n(-c2ccccc2)n1C. The second-order valence-corrected chi connectivity index (χ2v) is 31.8. The topological polar surface area (TPSA) is 345 Å². The first-order chi connectivity index (χ1) is 67.5. The minimum atomic E-state index is -0.980. The maximum atomic E-state index is 13.7. The number of rotatable bonds is 25. The molecule has 5 unspecified atom stereocenters. The largest absolute Gasteiger partial charge is 0.478 e. The minimum Gasteiger partial charge on any atom is -0.478 e. The maximum absolute atomic E-state index is 13.7. The number of carbonyl (C=O) groups is 5. The second kappa shape index (κ2) is 48.8. The number of ether oxygens (including phenoxy) is 7. The lowest BCUT2D eigenvalue weighted by Crippen LogP contribution is -2.32. The van der Waals surface area contributed by atoms with Gasteiger partial charge in [0.15, 0.2) is 88.4 Å². The monoisotopic (exact) mass is 1930 g/mol. The zero-order chi connectivity index (χ0) is 102. The van der Waals surface area contributed by atoms with Crippen molar-refractivity contribution in [2.45, 2.75) is 99.8 Å². The first-order valence-corrected chi connectivity index (χ1v) is 44.5. The number of benzene rings is 10. The zero-order valence-electron chi connectivity index (χ0n) is 80.0. The van der Waals surface area contributed by atoms with E-state index in [0.29, 0.717) is 56.9 Å². The lowest BCUT2D eigenvalue weighted by atomic mass is 10.3. The lowest BCUT2D eigenvalue weighted by molar-refractivity contribution is -0.122. The van der Waals surface area contributed by atoms with Crippen LogP contribution in [-0.4, -0.2) is 133 Å². The van der Waals surface area contributed by atoms with E-state index >= 15 is 0 Å². The fraction of sp³-hybridized carbons (Fsp3) is 0.231. The molecule has 0 saturated carbocycles. The van der Waals surface area contributed by atoms with Crippen LogP contribution in [0.2, 0.25) is 0 Å². The predicted octanol–water partition coefficient (Wildman–Crippen LogP) is 15.2. The lowest BCUT2D eigenvalue weighted by Gasteiger charge is -2.14. The number of hydrogen-bond donors (Lipinski definition) is 5. The van der Waals surface area contributed by atoms with Gasteiger partial charge in [-0.05, 0) is 191 Å². The highest BCUT2D eigenvalue weighted by Gasteiger charge is 2.30. The molecule has 0 aliphatic carbocycles. The standard InChI is InChI=1S/5C20H20FN3O3.C4H8O2/c5*1-13-18(20(26)24(23(13)3)15-9-5-4-6-10-15)22-19(25)14(2)27-17-12-8-7-11-16(17)21;1-2-6-4-3-5-1/h5*4-12,14H,1-3H3,(H,22,25);1-4H2. The smallest absolute Gasteiger partial charge is 0.295 e. The van der Waals surface area contributed by atoms with Gasteiger partial charge in [-0.25, -0.2) is 45.4 Å². The molecule has 10 aromatic carbocycles. The summed E-state index contributed by atoms with van der Waals surface area (Å²) in [7, 11) is 8.67. The van der Waals surface area contributed by atoms with Crippen molar-refractivity contribution in [1.82, 2.24) is 46.8 Å². The van der Waals surface area contributed by atoms with Gasteiger partial charge in [0, 0.05) is 35.2 Å². The molecule has 1 aliphatic rings. The normalized spacial score (nSPS) is 12.4. The molecule has 1 fully saturated rings. The minimum absolute atomic E-state index is 0.0216. The van der Waals surface area contributed by atoms with Crippen molar-refractivity contribution >= 4 is 58.0 Å². The molecule has 37 heteroatoms. The van der Waals surface area contributed by atoms with Crippen molar-refractivity contribution in [2.75, 3.05) is 53.0 Å². The fourth-order valence-electron chi connectivity index (χ4n) is 14.0. The molecule has 0 spiro atoms. The Bertz CT molecular complexity index is 6210. The summed E-state index contributed by atoms with van der Waals surface area (Å²) in [4.78, 5) is 126. The molecular formula is C104H108F5N15O17. The van der Waals surface area contributed by atoms with Crippen LogP contribution in [0.4, 0.5) is 50.4 Å². The maximum Gasteiger partial charge on any atom is 0.295 e. The van der Waals surface area contributed by atoms with Crippen LogP contribution >= 0.6 is 0 Å². The van der Waals surface area contributed by atoms with Gasteiger partial charge in [0.1, 0.15) is 28.4 Å². The van der Waals surface area contributed by atoms with E-state index in [1.165, 1.54) is 149 Å². The molecule has 1 saturated heterocycles. The third kappa shape index (κ3) is 25.9. The Labute approximate surface area is 807 Å². The van der Waals surface area contributed by atoms with E-state index in [0.717, 1.165) is 26.4 Å². The molecule has 6 heterocycles. The fourth-order valence-corrected chi connectivity index (χ4v) is 14.0. The third-order valence-corrected chi connectivity index (χ3v) is 22.3. The van der Waals surface area contributed by atoms with Crippen LogP contribution < -0.4 is 78.1 Å². The third-order valence-electron chi connectivity index (χ3n) is 22.3. The number of hydrogen-bond acceptors (Lipinski definition) is 17. The summed E-state index contributed by atoms with van der Waals surface area (Å²) in [5, 5.41) is 13.0. The van der Waals surface area contributed by atoms with Crippen molar-refractivity contribution in [3.8, 4) is 57.2 Å². The Morgan fingerprint density at radius 3 is 0.511 bits per heavy atom. The van der Waals surface area contributed by atoms with Crippen LogP contribution in [0, 0.1) is 63.7 Å². The van der Waals surface area contributed by atoms with E-state index in [1.54, 1.807) is 184 Å². The van der Waals surface area contributed by atoms with Gasteiger partial charge in [-0.1, -0.05) is 152 Å². The predicted molar refractivity (Wildman–Crippen MR) is 526 cm³/mol. The van der Waals surface area contributed by atoms with Gasteiger partial charge in [0.25, 0.3) is 57.3 Å². The summed E-state index contributed by atoms with van der Waals surface area (Å²) in [5.74, 6) is -5.58. The van der Waals surface area contributed by atoms with Crippen LogP contribution in [0.15, 0.2) is 297 Å². The highest BCUT2D eigenvalue weighted by molar-refractivity contribution is 5.97. The van der Waals surface area contributed by atoms with Gasteiger partial charge < -0.3 is 59.7 Å².